The summed E-state index contributed by atoms with van der Waals surface area (Å²) in [5.74, 6) is 2.59. The van der Waals surface area contributed by atoms with Gasteiger partial charge in [0, 0.05) is 30.6 Å². The fourth-order valence-electron chi connectivity index (χ4n) is 5.82. The van der Waals surface area contributed by atoms with Crippen LogP contribution in [0.3, 0.4) is 0 Å². The Morgan fingerprint density at radius 2 is 0.920 bits per heavy atom. The summed E-state index contributed by atoms with van der Waals surface area (Å²) in [6.45, 7) is 2.36. The molecule has 1 aliphatic heterocycles. The summed E-state index contributed by atoms with van der Waals surface area (Å²) in [6, 6.07) is 29.4. The molecule has 1 saturated heterocycles. The maximum absolute atomic E-state index is 2.62. The summed E-state index contributed by atoms with van der Waals surface area (Å²) < 4.78 is 0. The van der Waals surface area contributed by atoms with E-state index in [0.29, 0.717) is 11.8 Å². The van der Waals surface area contributed by atoms with Crippen LogP contribution in [0.25, 0.3) is 0 Å². The Labute approximate surface area is 148 Å². The molecule has 0 aromatic heterocycles. The number of para-hydroxylation sites is 1. The van der Waals surface area contributed by atoms with Crippen molar-refractivity contribution in [2.45, 2.75) is 11.8 Å². The third-order valence-corrected chi connectivity index (χ3v) is 6.72. The lowest BCUT2D eigenvalue weighted by molar-refractivity contribution is 0.294. The second-order valence-corrected chi connectivity index (χ2v) is 7.78. The van der Waals surface area contributed by atoms with E-state index in [-0.39, 0.29) is 0 Å². The largest absolute Gasteiger partial charge is 0.371 e. The number of nitrogens with zero attached hydrogens (tertiary/aromatic N) is 1. The summed E-state index contributed by atoms with van der Waals surface area (Å²) in [5, 5.41) is 0. The van der Waals surface area contributed by atoms with Gasteiger partial charge < -0.3 is 4.90 Å². The van der Waals surface area contributed by atoms with Crippen LogP contribution >= 0.6 is 0 Å². The first kappa shape index (κ1) is 13.7. The smallest absolute Gasteiger partial charge is 0.0366 e. The van der Waals surface area contributed by atoms with E-state index in [1.165, 1.54) is 18.8 Å². The zero-order chi connectivity index (χ0) is 16.4. The van der Waals surface area contributed by atoms with Crippen molar-refractivity contribution >= 4 is 5.69 Å². The topological polar surface area (TPSA) is 3.24 Å². The van der Waals surface area contributed by atoms with Gasteiger partial charge in [0.15, 0.2) is 0 Å². The van der Waals surface area contributed by atoms with Crippen LogP contribution in [0.2, 0.25) is 0 Å². The van der Waals surface area contributed by atoms with Gasteiger partial charge in [0.05, 0.1) is 0 Å². The van der Waals surface area contributed by atoms with Crippen LogP contribution in [-0.2, 0) is 0 Å². The molecule has 4 aliphatic rings. The summed E-state index contributed by atoms with van der Waals surface area (Å²) in [4.78, 5) is 2.62. The van der Waals surface area contributed by atoms with Gasteiger partial charge in [-0.25, -0.2) is 0 Å². The Hall–Kier alpha value is -2.54. The van der Waals surface area contributed by atoms with E-state index in [2.05, 4.69) is 83.8 Å². The number of anilines is 1. The molecular formula is C24H21N. The van der Waals surface area contributed by atoms with Crippen LogP contribution in [-0.4, -0.2) is 13.1 Å². The van der Waals surface area contributed by atoms with E-state index in [1.807, 2.05) is 0 Å². The predicted molar refractivity (Wildman–Crippen MR) is 102 cm³/mol. The highest BCUT2D eigenvalue weighted by molar-refractivity contribution is 5.59. The van der Waals surface area contributed by atoms with Gasteiger partial charge in [0.1, 0.15) is 0 Å². The monoisotopic (exact) mass is 323 g/mol. The molecule has 0 radical (unpaired) electrons. The Kier molecular flexibility index (Phi) is 2.73. The van der Waals surface area contributed by atoms with Gasteiger partial charge in [-0.05, 0) is 46.2 Å². The molecule has 25 heavy (non-hydrogen) atoms. The summed E-state index contributed by atoms with van der Waals surface area (Å²) >= 11 is 0. The van der Waals surface area contributed by atoms with Crippen LogP contribution in [0, 0.1) is 11.8 Å². The lowest BCUT2D eigenvalue weighted by Crippen LogP contribution is -2.39. The van der Waals surface area contributed by atoms with Gasteiger partial charge >= 0.3 is 0 Å². The number of benzene rings is 3. The van der Waals surface area contributed by atoms with Crippen molar-refractivity contribution in [1.29, 1.82) is 0 Å². The summed E-state index contributed by atoms with van der Waals surface area (Å²) in [5.41, 5.74) is 7.72. The molecule has 0 amide bonds. The summed E-state index contributed by atoms with van der Waals surface area (Å²) in [7, 11) is 0. The second-order valence-electron chi connectivity index (χ2n) is 7.78. The van der Waals surface area contributed by atoms with Crippen molar-refractivity contribution in [3.8, 4) is 0 Å². The first-order valence-electron chi connectivity index (χ1n) is 9.39. The predicted octanol–water partition coefficient (Wildman–Crippen LogP) is 5.03. The summed E-state index contributed by atoms with van der Waals surface area (Å²) in [6.07, 6.45) is 0. The van der Waals surface area contributed by atoms with Crippen molar-refractivity contribution in [2.24, 2.45) is 11.8 Å². The fraction of sp³-hybridized carbons (Fsp3) is 0.250. The molecule has 3 aromatic carbocycles. The van der Waals surface area contributed by atoms with Crippen LogP contribution in [0.1, 0.15) is 34.1 Å². The van der Waals surface area contributed by atoms with Crippen LogP contribution < -0.4 is 4.90 Å². The van der Waals surface area contributed by atoms with Crippen molar-refractivity contribution in [2.75, 3.05) is 18.0 Å². The minimum Gasteiger partial charge on any atom is -0.371 e. The van der Waals surface area contributed by atoms with Gasteiger partial charge in [0.25, 0.3) is 0 Å². The Morgan fingerprint density at radius 3 is 1.36 bits per heavy atom. The molecule has 0 unspecified atom stereocenters. The molecule has 1 heterocycles. The Balaban J connectivity index is 1.51. The Morgan fingerprint density at radius 1 is 0.520 bits per heavy atom. The van der Waals surface area contributed by atoms with Crippen LogP contribution in [0.15, 0.2) is 78.9 Å². The normalized spacial score (nSPS) is 28.4. The molecule has 7 rings (SSSR count). The van der Waals surface area contributed by atoms with E-state index in [0.717, 1.165) is 11.8 Å². The minimum absolute atomic E-state index is 0.566. The van der Waals surface area contributed by atoms with Gasteiger partial charge in [0.2, 0.25) is 0 Å². The minimum atomic E-state index is 0.566. The molecule has 3 aromatic rings. The highest BCUT2D eigenvalue weighted by Crippen LogP contribution is 2.60. The number of hydrogen-bond donors (Lipinski definition) is 0. The molecule has 2 bridgehead atoms. The van der Waals surface area contributed by atoms with E-state index in [4.69, 9.17) is 0 Å². The molecule has 2 atom stereocenters. The molecular weight excluding hydrogens is 302 g/mol. The molecule has 1 fully saturated rings. The maximum atomic E-state index is 2.62. The van der Waals surface area contributed by atoms with E-state index < -0.39 is 0 Å². The quantitative estimate of drug-likeness (QED) is 0.607. The molecule has 0 N–H and O–H groups in total. The van der Waals surface area contributed by atoms with Crippen molar-refractivity contribution in [1.82, 2.24) is 0 Å². The molecule has 3 aliphatic carbocycles. The highest BCUT2D eigenvalue weighted by Gasteiger charge is 2.52. The first-order valence-corrected chi connectivity index (χ1v) is 9.39. The van der Waals surface area contributed by atoms with Gasteiger partial charge in [-0.15, -0.1) is 0 Å². The van der Waals surface area contributed by atoms with E-state index in [9.17, 15) is 0 Å². The van der Waals surface area contributed by atoms with Crippen LogP contribution in [0.4, 0.5) is 5.69 Å². The standard InChI is InChI=1S/C24H21N/c1-2-8-16(9-3-1)25-14-21-22(15-25)24-18-11-5-4-10-17(18)23(21)19-12-6-7-13-20(19)24/h1-13,21-24H,14-15H2/t21-,22-,23?,24?/m0/s1. The average molecular weight is 323 g/mol. The van der Waals surface area contributed by atoms with E-state index in [1.54, 1.807) is 22.3 Å². The maximum Gasteiger partial charge on any atom is 0.0366 e. The highest BCUT2D eigenvalue weighted by atomic mass is 15.2. The zero-order valence-electron chi connectivity index (χ0n) is 14.2. The number of hydrogen-bond acceptors (Lipinski definition) is 1. The fourth-order valence-corrected chi connectivity index (χ4v) is 5.82. The molecule has 1 heteroatoms. The molecule has 122 valence electrons. The SMILES string of the molecule is c1ccc(N2C[C@@H]3C4c5ccccc5C(c5ccccc54)[C@H]3C2)cc1. The van der Waals surface area contributed by atoms with Crippen LogP contribution in [0.5, 0.6) is 0 Å². The molecule has 0 spiro atoms. The third kappa shape index (κ3) is 1.79. The first-order chi connectivity index (χ1) is 12.4. The van der Waals surface area contributed by atoms with E-state index >= 15 is 0 Å². The van der Waals surface area contributed by atoms with Crippen molar-refractivity contribution in [3.05, 3.63) is 101 Å². The molecule has 0 saturated carbocycles. The molecule has 1 nitrogen and oxygen atoms in total. The van der Waals surface area contributed by atoms with Gasteiger partial charge in [-0.2, -0.15) is 0 Å². The van der Waals surface area contributed by atoms with Gasteiger partial charge in [-0.1, -0.05) is 66.7 Å². The average Bonchev–Trinajstić information content (AvgIpc) is 3.14. The third-order valence-electron chi connectivity index (χ3n) is 6.72. The number of rotatable bonds is 1. The second kappa shape index (κ2) is 4.98. The lowest BCUT2D eigenvalue weighted by Gasteiger charge is -2.47. The van der Waals surface area contributed by atoms with Crippen molar-refractivity contribution in [3.63, 3.8) is 0 Å². The lowest BCUT2D eigenvalue weighted by atomic mass is 9.55. The Bertz CT molecular complexity index is 840. The van der Waals surface area contributed by atoms with Crippen molar-refractivity contribution < 1.29 is 0 Å². The zero-order valence-corrected chi connectivity index (χ0v) is 14.2. The van der Waals surface area contributed by atoms with Gasteiger partial charge in [-0.3, -0.25) is 0 Å².